The SMILES string of the molecule is Cc1cccc(CCNc2nc3ccc(F)cc3s2)c1. The first-order valence-corrected chi connectivity index (χ1v) is 7.38. The van der Waals surface area contributed by atoms with Gasteiger partial charge in [0.2, 0.25) is 0 Å². The average Bonchev–Trinajstić information content (AvgIpc) is 2.80. The average molecular weight is 286 g/mol. The van der Waals surface area contributed by atoms with Gasteiger partial charge >= 0.3 is 0 Å². The molecule has 20 heavy (non-hydrogen) atoms. The van der Waals surface area contributed by atoms with Crippen LogP contribution in [0, 0.1) is 12.7 Å². The highest BCUT2D eigenvalue weighted by Gasteiger charge is 2.04. The Morgan fingerprint density at radius 2 is 2.10 bits per heavy atom. The van der Waals surface area contributed by atoms with Gasteiger partial charge in [-0.2, -0.15) is 0 Å². The lowest BCUT2D eigenvalue weighted by Crippen LogP contribution is -2.04. The molecule has 0 saturated heterocycles. The van der Waals surface area contributed by atoms with Gasteiger partial charge in [0.1, 0.15) is 5.82 Å². The van der Waals surface area contributed by atoms with Crippen LogP contribution in [0.2, 0.25) is 0 Å². The molecule has 0 atom stereocenters. The summed E-state index contributed by atoms with van der Waals surface area (Å²) in [6.07, 6.45) is 0.950. The molecule has 3 rings (SSSR count). The molecule has 0 saturated carbocycles. The quantitative estimate of drug-likeness (QED) is 0.769. The van der Waals surface area contributed by atoms with E-state index in [0.29, 0.717) is 0 Å². The zero-order chi connectivity index (χ0) is 13.9. The number of rotatable bonds is 4. The van der Waals surface area contributed by atoms with Crippen LogP contribution in [-0.4, -0.2) is 11.5 Å². The Hall–Kier alpha value is -1.94. The summed E-state index contributed by atoms with van der Waals surface area (Å²) in [6.45, 7) is 2.92. The van der Waals surface area contributed by atoms with Crippen LogP contribution in [0.15, 0.2) is 42.5 Å². The summed E-state index contributed by atoms with van der Waals surface area (Å²) in [7, 11) is 0. The molecule has 0 radical (unpaired) electrons. The topological polar surface area (TPSA) is 24.9 Å². The lowest BCUT2D eigenvalue weighted by molar-refractivity contribution is 0.630. The summed E-state index contributed by atoms with van der Waals surface area (Å²) in [6, 6.07) is 13.2. The lowest BCUT2D eigenvalue weighted by Gasteiger charge is -2.03. The number of thiazole rings is 1. The summed E-state index contributed by atoms with van der Waals surface area (Å²) in [4.78, 5) is 4.44. The maximum atomic E-state index is 13.1. The van der Waals surface area contributed by atoms with E-state index < -0.39 is 0 Å². The fourth-order valence-corrected chi connectivity index (χ4v) is 3.07. The number of nitrogens with zero attached hydrogens (tertiary/aromatic N) is 1. The van der Waals surface area contributed by atoms with Crippen LogP contribution in [0.3, 0.4) is 0 Å². The second kappa shape index (κ2) is 5.59. The van der Waals surface area contributed by atoms with E-state index in [2.05, 4.69) is 41.5 Å². The molecule has 0 fully saturated rings. The van der Waals surface area contributed by atoms with E-state index in [0.717, 1.165) is 28.3 Å². The highest BCUT2D eigenvalue weighted by Crippen LogP contribution is 2.26. The van der Waals surface area contributed by atoms with Gasteiger partial charge in [0, 0.05) is 6.54 Å². The van der Waals surface area contributed by atoms with Crippen LogP contribution in [0.4, 0.5) is 9.52 Å². The van der Waals surface area contributed by atoms with Crippen molar-refractivity contribution in [1.82, 2.24) is 4.98 Å². The van der Waals surface area contributed by atoms with Gasteiger partial charge in [-0.15, -0.1) is 0 Å². The van der Waals surface area contributed by atoms with E-state index in [1.165, 1.54) is 34.6 Å². The Kier molecular flexibility index (Phi) is 3.65. The normalized spacial score (nSPS) is 10.9. The van der Waals surface area contributed by atoms with E-state index in [9.17, 15) is 4.39 Å². The molecule has 1 N–H and O–H groups in total. The summed E-state index contributed by atoms with van der Waals surface area (Å²) < 4.78 is 14.0. The van der Waals surface area contributed by atoms with Crippen molar-refractivity contribution in [2.75, 3.05) is 11.9 Å². The fourth-order valence-electron chi connectivity index (χ4n) is 2.16. The lowest BCUT2D eigenvalue weighted by atomic mass is 10.1. The highest BCUT2D eigenvalue weighted by molar-refractivity contribution is 7.22. The molecule has 0 aliphatic heterocycles. The van der Waals surface area contributed by atoms with Crippen molar-refractivity contribution in [2.24, 2.45) is 0 Å². The van der Waals surface area contributed by atoms with E-state index in [1.807, 2.05) is 0 Å². The Bertz CT molecular complexity index is 736. The van der Waals surface area contributed by atoms with Crippen LogP contribution in [-0.2, 0) is 6.42 Å². The maximum absolute atomic E-state index is 13.1. The molecule has 1 aromatic heterocycles. The third kappa shape index (κ3) is 2.96. The minimum atomic E-state index is -0.215. The number of benzene rings is 2. The van der Waals surface area contributed by atoms with E-state index >= 15 is 0 Å². The minimum absolute atomic E-state index is 0.215. The van der Waals surface area contributed by atoms with Crippen molar-refractivity contribution in [3.05, 3.63) is 59.4 Å². The number of aryl methyl sites for hydroxylation is 1. The van der Waals surface area contributed by atoms with Crippen molar-refractivity contribution >= 4 is 26.7 Å². The van der Waals surface area contributed by atoms with Gasteiger partial charge in [-0.05, 0) is 37.1 Å². The summed E-state index contributed by atoms with van der Waals surface area (Å²) in [5.74, 6) is -0.215. The molecule has 0 spiro atoms. The van der Waals surface area contributed by atoms with Crippen LogP contribution >= 0.6 is 11.3 Å². The maximum Gasteiger partial charge on any atom is 0.183 e. The molecule has 4 heteroatoms. The zero-order valence-electron chi connectivity index (χ0n) is 11.2. The Balaban J connectivity index is 1.65. The molecule has 0 amide bonds. The van der Waals surface area contributed by atoms with Crippen LogP contribution in [0.5, 0.6) is 0 Å². The molecule has 0 aliphatic rings. The van der Waals surface area contributed by atoms with Crippen molar-refractivity contribution in [1.29, 1.82) is 0 Å². The van der Waals surface area contributed by atoms with Gasteiger partial charge in [-0.3, -0.25) is 0 Å². The number of nitrogens with one attached hydrogen (secondary N) is 1. The predicted molar refractivity (Wildman–Crippen MR) is 83.0 cm³/mol. The first-order valence-electron chi connectivity index (χ1n) is 6.56. The van der Waals surface area contributed by atoms with Crippen molar-refractivity contribution in [3.63, 3.8) is 0 Å². The smallest absolute Gasteiger partial charge is 0.183 e. The standard InChI is InChI=1S/C16H15FN2S/c1-11-3-2-4-12(9-11)7-8-18-16-19-14-6-5-13(17)10-15(14)20-16/h2-6,9-10H,7-8H2,1H3,(H,18,19). The van der Waals surface area contributed by atoms with E-state index in [4.69, 9.17) is 0 Å². The van der Waals surface area contributed by atoms with Crippen molar-refractivity contribution < 1.29 is 4.39 Å². The van der Waals surface area contributed by atoms with Crippen LogP contribution in [0.25, 0.3) is 10.2 Å². The van der Waals surface area contributed by atoms with Crippen LogP contribution < -0.4 is 5.32 Å². The number of fused-ring (bicyclic) bond motifs is 1. The number of halogens is 1. The molecule has 0 unspecified atom stereocenters. The molecule has 0 aliphatic carbocycles. The third-order valence-corrected chi connectivity index (χ3v) is 4.10. The van der Waals surface area contributed by atoms with Gasteiger partial charge in [0.05, 0.1) is 10.2 Å². The van der Waals surface area contributed by atoms with Crippen LogP contribution in [0.1, 0.15) is 11.1 Å². The first-order chi connectivity index (χ1) is 9.70. The number of hydrogen-bond donors (Lipinski definition) is 1. The molecule has 3 aromatic rings. The van der Waals surface area contributed by atoms with Gasteiger partial charge in [0.15, 0.2) is 5.13 Å². The zero-order valence-corrected chi connectivity index (χ0v) is 12.0. The molecule has 102 valence electrons. The number of anilines is 1. The van der Waals surface area contributed by atoms with Crippen molar-refractivity contribution in [3.8, 4) is 0 Å². The largest absolute Gasteiger partial charge is 0.361 e. The molecular weight excluding hydrogens is 271 g/mol. The Morgan fingerprint density at radius 3 is 2.95 bits per heavy atom. The second-order valence-corrected chi connectivity index (χ2v) is 5.83. The van der Waals surface area contributed by atoms with Gasteiger partial charge in [-0.25, -0.2) is 9.37 Å². The summed E-state index contributed by atoms with van der Waals surface area (Å²) in [5.41, 5.74) is 3.43. The molecule has 2 aromatic carbocycles. The highest BCUT2D eigenvalue weighted by atomic mass is 32.1. The monoisotopic (exact) mass is 286 g/mol. The minimum Gasteiger partial charge on any atom is -0.361 e. The molecule has 2 nitrogen and oxygen atoms in total. The predicted octanol–water partition coefficient (Wildman–Crippen LogP) is 4.40. The van der Waals surface area contributed by atoms with Gasteiger partial charge < -0.3 is 5.32 Å². The number of hydrogen-bond acceptors (Lipinski definition) is 3. The Morgan fingerprint density at radius 1 is 1.20 bits per heavy atom. The van der Waals surface area contributed by atoms with Gasteiger partial charge in [0.25, 0.3) is 0 Å². The molecule has 0 bridgehead atoms. The summed E-state index contributed by atoms with van der Waals surface area (Å²) >= 11 is 1.49. The molecule has 1 heterocycles. The van der Waals surface area contributed by atoms with Crippen molar-refractivity contribution in [2.45, 2.75) is 13.3 Å². The van der Waals surface area contributed by atoms with E-state index in [1.54, 1.807) is 6.07 Å². The summed E-state index contributed by atoms with van der Waals surface area (Å²) in [5, 5.41) is 4.15. The first kappa shape index (κ1) is 13.1. The second-order valence-electron chi connectivity index (χ2n) is 4.80. The van der Waals surface area contributed by atoms with Gasteiger partial charge in [-0.1, -0.05) is 41.2 Å². The molecular formula is C16H15FN2S. The van der Waals surface area contributed by atoms with E-state index in [-0.39, 0.29) is 5.82 Å². The third-order valence-electron chi connectivity index (χ3n) is 3.12. The Labute approximate surface area is 121 Å². The fraction of sp³-hybridized carbons (Fsp3) is 0.188. The number of aromatic nitrogens is 1.